The predicted octanol–water partition coefficient (Wildman–Crippen LogP) is 4.98. The molecule has 0 spiro atoms. The molecule has 0 atom stereocenters. The van der Waals surface area contributed by atoms with Crippen LogP contribution < -0.4 is 10.6 Å². The number of halogens is 1. The van der Waals surface area contributed by atoms with E-state index in [4.69, 9.17) is 23.8 Å². The van der Waals surface area contributed by atoms with E-state index in [9.17, 15) is 0 Å². The molecule has 4 heteroatoms. The van der Waals surface area contributed by atoms with Crippen molar-refractivity contribution in [1.29, 1.82) is 0 Å². The monoisotopic (exact) mass is 326 g/mol. The van der Waals surface area contributed by atoms with E-state index in [2.05, 4.69) is 34.9 Å². The summed E-state index contributed by atoms with van der Waals surface area (Å²) in [7, 11) is 0. The van der Waals surface area contributed by atoms with Gasteiger partial charge in [0, 0.05) is 17.3 Å². The molecular weight excluding hydrogens is 312 g/mol. The molecule has 3 rings (SSSR count). The molecule has 22 heavy (non-hydrogen) atoms. The molecule has 0 aliphatic rings. The number of thiocarbonyl (C=S) groups is 1. The highest BCUT2D eigenvalue weighted by atomic mass is 35.5. The van der Waals surface area contributed by atoms with Crippen LogP contribution in [-0.4, -0.2) is 5.11 Å². The summed E-state index contributed by atoms with van der Waals surface area (Å²) >= 11 is 11.2. The zero-order chi connectivity index (χ0) is 15.4. The topological polar surface area (TPSA) is 24.1 Å². The van der Waals surface area contributed by atoms with Crippen LogP contribution in [0.2, 0.25) is 5.02 Å². The van der Waals surface area contributed by atoms with Crippen LogP contribution >= 0.6 is 23.8 Å². The van der Waals surface area contributed by atoms with Crippen molar-refractivity contribution in [2.75, 3.05) is 5.32 Å². The molecule has 0 heterocycles. The van der Waals surface area contributed by atoms with Crippen molar-refractivity contribution in [1.82, 2.24) is 5.32 Å². The third kappa shape index (κ3) is 3.75. The van der Waals surface area contributed by atoms with Gasteiger partial charge >= 0.3 is 0 Å². The van der Waals surface area contributed by atoms with Gasteiger partial charge in [-0.1, -0.05) is 54.1 Å². The number of hydrogen-bond donors (Lipinski definition) is 2. The molecule has 0 fully saturated rings. The third-order valence-corrected chi connectivity index (χ3v) is 3.87. The largest absolute Gasteiger partial charge is 0.358 e. The fourth-order valence-electron chi connectivity index (χ4n) is 2.23. The van der Waals surface area contributed by atoms with E-state index >= 15 is 0 Å². The van der Waals surface area contributed by atoms with Crippen molar-refractivity contribution in [3.8, 4) is 0 Å². The Labute approximate surface area is 140 Å². The first-order chi connectivity index (χ1) is 10.7. The van der Waals surface area contributed by atoms with Gasteiger partial charge in [-0.2, -0.15) is 0 Å². The van der Waals surface area contributed by atoms with Crippen molar-refractivity contribution >= 4 is 45.4 Å². The molecule has 0 saturated heterocycles. The van der Waals surface area contributed by atoms with Gasteiger partial charge in [0.2, 0.25) is 0 Å². The molecule has 3 aromatic rings. The maximum atomic E-state index is 5.87. The fraction of sp³-hybridized carbons (Fsp3) is 0.0556. The van der Waals surface area contributed by atoms with Crippen LogP contribution in [-0.2, 0) is 6.54 Å². The summed E-state index contributed by atoms with van der Waals surface area (Å²) in [6.45, 7) is 0.663. The minimum absolute atomic E-state index is 0.602. The second-order valence-electron chi connectivity index (χ2n) is 5.00. The van der Waals surface area contributed by atoms with Crippen molar-refractivity contribution in [3.63, 3.8) is 0 Å². The Balaban J connectivity index is 1.61. The molecular formula is C18H15ClN2S. The maximum Gasteiger partial charge on any atom is 0.171 e. The fourth-order valence-corrected chi connectivity index (χ4v) is 2.54. The van der Waals surface area contributed by atoms with Crippen LogP contribution in [0.15, 0.2) is 66.7 Å². The SMILES string of the molecule is S=C(NCc1ccc(Cl)cc1)Nc1ccc2ccccc2c1. The normalized spacial score (nSPS) is 10.4. The molecule has 0 aliphatic heterocycles. The highest BCUT2D eigenvalue weighted by Gasteiger charge is 2.00. The molecule has 110 valence electrons. The van der Waals surface area contributed by atoms with Crippen LogP contribution in [0.5, 0.6) is 0 Å². The number of hydrogen-bond acceptors (Lipinski definition) is 1. The van der Waals surface area contributed by atoms with Crippen LogP contribution in [0.4, 0.5) is 5.69 Å². The summed E-state index contributed by atoms with van der Waals surface area (Å²) in [5.74, 6) is 0. The molecule has 0 aromatic heterocycles. The number of rotatable bonds is 3. The van der Waals surface area contributed by atoms with E-state index in [0.29, 0.717) is 11.7 Å². The second kappa shape index (κ2) is 6.77. The molecule has 0 saturated carbocycles. The molecule has 2 nitrogen and oxygen atoms in total. The highest BCUT2D eigenvalue weighted by Crippen LogP contribution is 2.18. The summed E-state index contributed by atoms with van der Waals surface area (Å²) in [5, 5.41) is 10.1. The summed E-state index contributed by atoms with van der Waals surface area (Å²) in [6, 6.07) is 22.2. The molecule has 0 unspecified atom stereocenters. The van der Waals surface area contributed by atoms with Crippen LogP contribution in [0.25, 0.3) is 10.8 Å². The van der Waals surface area contributed by atoms with Crippen LogP contribution in [0, 0.1) is 0 Å². The first-order valence-electron chi connectivity index (χ1n) is 6.99. The molecule has 0 aliphatic carbocycles. The van der Waals surface area contributed by atoms with Crippen LogP contribution in [0.3, 0.4) is 0 Å². The lowest BCUT2D eigenvalue weighted by Gasteiger charge is -2.11. The number of fused-ring (bicyclic) bond motifs is 1. The Morgan fingerprint density at radius 3 is 2.41 bits per heavy atom. The van der Waals surface area contributed by atoms with Crippen LogP contribution in [0.1, 0.15) is 5.56 Å². The van der Waals surface area contributed by atoms with Gasteiger partial charge in [0.1, 0.15) is 0 Å². The summed E-state index contributed by atoms with van der Waals surface area (Å²) < 4.78 is 0. The van der Waals surface area contributed by atoms with E-state index in [-0.39, 0.29) is 0 Å². The lowest BCUT2D eigenvalue weighted by Crippen LogP contribution is -2.27. The highest BCUT2D eigenvalue weighted by molar-refractivity contribution is 7.80. The zero-order valence-corrected chi connectivity index (χ0v) is 13.4. The quantitative estimate of drug-likeness (QED) is 0.664. The van der Waals surface area contributed by atoms with Gasteiger partial charge in [0.15, 0.2) is 5.11 Å². The molecule has 2 N–H and O–H groups in total. The van der Waals surface area contributed by atoms with Gasteiger partial charge in [0.25, 0.3) is 0 Å². The van der Waals surface area contributed by atoms with Gasteiger partial charge in [-0.15, -0.1) is 0 Å². The second-order valence-corrected chi connectivity index (χ2v) is 5.84. The smallest absolute Gasteiger partial charge is 0.171 e. The zero-order valence-electron chi connectivity index (χ0n) is 11.8. The first kappa shape index (κ1) is 14.8. The Morgan fingerprint density at radius 2 is 1.64 bits per heavy atom. The molecule has 0 bridgehead atoms. The summed E-state index contributed by atoms with van der Waals surface area (Å²) in [6.07, 6.45) is 0. The minimum Gasteiger partial charge on any atom is -0.358 e. The number of anilines is 1. The lowest BCUT2D eigenvalue weighted by molar-refractivity contribution is 0.926. The van der Waals surface area contributed by atoms with Crippen molar-refractivity contribution in [2.45, 2.75) is 6.54 Å². The number of nitrogens with one attached hydrogen (secondary N) is 2. The average Bonchev–Trinajstić information content (AvgIpc) is 2.54. The minimum atomic E-state index is 0.602. The molecule has 3 aromatic carbocycles. The van der Waals surface area contributed by atoms with Crippen molar-refractivity contribution in [2.24, 2.45) is 0 Å². The lowest BCUT2D eigenvalue weighted by atomic mass is 10.1. The van der Waals surface area contributed by atoms with Crippen molar-refractivity contribution in [3.05, 3.63) is 77.3 Å². The average molecular weight is 327 g/mol. The summed E-state index contributed by atoms with van der Waals surface area (Å²) in [5.41, 5.74) is 2.11. The first-order valence-corrected chi connectivity index (χ1v) is 7.77. The number of benzene rings is 3. The van der Waals surface area contributed by atoms with E-state index in [1.54, 1.807) is 0 Å². The molecule has 0 radical (unpaired) electrons. The van der Waals surface area contributed by atoms with Gasteiger partial charge in [-0.05, 0) is 52.8 Å². The third-order valence-electron chi connectivity index (χ3n) is 3.37. The van der Waals surface area contributed by atoms with Crippen molar-refractivity contribution < 1.29 is 0 Å². The van der Waals surface area contributed by atoms with Gasteiger partial charge in [0.05, 0.1) is 0 Å². The Morgan fingerprint density at radius 1 is 0.909 bits per heavy atom. The Kier molecular flexibility index (Phi) is 4.56. The Bertz CT molecular complexity index is 800. The van der Waals surface area contributed by atoms with E-state index in [0.717, 1.165) is 16.3 Å². The maximum absolute atomic E-state index is 5.87. The van der Waals surface area contributed by atoms with Gasteiger partial charge < -0.3 is 10.6 Å². The van der Waals surface area contributed by atoms with Gasteiger partial charge in [-0.25, -0.2) is 0 Å². The van der Waals surface area contributed by atoms with E-state index in [1.165, 1.54) is 10.8 Å². The predicted molar refractivity (Wildman–Crippen MR) is 98.5 cm³/mol. The van der Waals surface area contributed by atoms with E-state index < -0.39 is 0 Å². The summed E-state index contributed by atoms with van der Waals surface area (Å²) in [4.78, 5) is 0. The standard InChI is InChI=1S/C18H15ClN2S/c19-16-8-5-13(6-9-16)12-20-18(22)21-17-10-7-14-3-1-2-4-15(14)11-17/h1-11H,12H2,(H2,20,21,22). The Hall–Kier alpha value is -2.10. The van der Waals surface area contributed by atoms with Gasteiger partial charge in [-0.3, -0.25) is 0 Å². The van der Waals surface area contributed by atoms with E-state index in [1.807, 2.05) is 42.5 Å². The molecule has 0 amide bonds.